The SMILES string of the molecule is CCc1cc(-c2c(C(C)C)c3c(F)c(C4CCN(C(=O)OC(C)(C)C)CC4)ccc3n2C(=O)OC(C)(C)C)cn2ncnc12. The molecule has 4 heterocycles. The molecule has 1 amide bonds. The standard InChI is InChI=1S/C34H44FN5O4/c1-10-21-17-23(18-39-30(21)36-19-37-39)29-26(20(2)3)27-25(40(29)32(42)44-34(7,8)9)12-11-24(28(27)35)22-13-15-38(16-14-22)31(41)43-33(4,5)6/h11-12,17-20,22H,10,13-16H2,1-9H3. The lowest BCUT2D eigenvalue weighted by molar-refractivity contribution is 0.0204. The van der Waals surface area contributed by atoms with Crippen molar-refractivity contribution in [2.45, 2.75) is 105 Å². The summed E-state index contributed by atoms with van der Waals surface area (Å²) in [4.78, 5) is 32.6. The van der Waals surface area contributed by atoms with Gasteiger partial charge in [-0.1, -0.05) is 26.8 Å². The molecule has 4 aromatic rings. The van der Waals surface area contributed by atoms with Crippen molar-refractivity contribution < 1.29 is 23.5 Å². The molecule has 1 aliphatic rings. The molecule has 1 fully saturated rings. The van der Waals surface area contributed by atoms with Gasteiger partial charge in [-0.15, -0.1) is 0 Å². The third kappa shape index (κ3) is 6.03. The largest absolute Gasteiger partial charge is 0.444 e. The van der Waals surface area contributed by atoms with Crippen molar-refractivity contribution in [3.8, 4) is 11.3 Å². The number of hydrogen-bond donors (Lipinski definition) is 0. The average molecular weight is 606 g/mol. The minimum atomic E-state index is -0.756. The van der Waals surface area contributed by atoms with E-state index in [1.54, 1.807) is 15.5 Å². The van der Waals surface area contributed by atoms with Crippen molar-refractivity contribution in [3.63, 3.8) is 0 Å². The smallest absolute Gasteiger partial charge is 0.419 e. The van der Waals surface area contributed by atoms with E-state index >= 15 is 4.39 Å². The van der Waals surface area contributed by atoms with Gasteiger partial charge in [-0.2, -0.15) is 5.10 Å². The number of benzene rings is 1. The second-order valence-electron chi connectivity index (χ2n) is 14.0. The minimum Gasteiger partial charge on any atom is -0.444 e. The van der Waals surface area contributed by atoms with Gasteiger partial charge in [0.25, 0.3) is 0 Å². The molecule has 236 valence electrons. The van der Waals surface area contributed by atoms with E-state index in [2.05, 4.69) is 10.1 Å². The van der Waals surface area contributed by atoms with Crippen LogP contribution in [-0.2, 0) is 15.9 Å². The van der Waals surface area contributed by atoms with Gasteiger partial charge in [0.15, 0.2) is 5.65 Å². The molecule has 44 heavy (non-hydrogen) atoms. The maximum atomic E-state index is 16.9. The van der Waals surface area contributed by atoms with Crippen molar-refractivity contribution in [1.82, 2.24) is 24.1 Å². The first-order valence-electron chi connectivity index (χ1n) is 15.5. The van der Waals surface area contributed by atoms with Gasteiger partial charge < -0.3 is 14.4 Å². The number of pyridine rings is 1. The number of halogens is 1. The van der Waals surface area contributed by atoms with Gasteiger partial charge in [0.1, 0.15) is 23.3 Å². The van der Waals surface area contributed by atoms with Crippen molar-refractivity contribution in [1.29, 1.82) is 0 Å². The monoisotopic (exact) mass is 605 g/mol. The summed E-state index contributed by atoms with van der Waals surface area (Å²) in [6.07, 6.45) is 4.36. The fourth-order valence-corrected chi connectivity index (χ4v) is 6.13. The molecule has 9 nitrogen and oxygen atoms in total. The summed E-state index contributed by atoms with van der Waals surface area (Å²) >= 11 is 0. The molecule has 1 aromatic carbocycles. The van der Waals surface area contributed by atoms with Gasteiger partial charge in [-0.3, -0.25) is 0 Å². The number of amides is 1. The van der Waals surface area contributed by atoms with Gasteiger partial charge in [-0.05, 0) is 101 Å². The van der Waals surface area contributed by atoms with Crippen LogP contribution in [0.25, 0.3) is 27.8 Å². The Balaban J connectivity index is 1.66. The Kier molecular flexibility index (Phi) is 8.24. The van der Waals surface area contributed by atoms with Crippen molar-refractivity contribution >= 4 is 28.7 Å². The fraction of sp³-hybridized carbons (Fsp3) is 0.529. The third-order valence-corrected chi connectivity index (χ3v) is 7.98. The number of aryl methyl sites for hydroxylation is 1. The Hall–Kier alpha value is -3.95. The first-order chi connectivity index (χ1) is 20.6. The number of aromatic nitrogens is 4. The molecule has 1 aliphatic heterocycles. The van der Waals surface area contributed by atoms with Crippen LogP contribution in [0.15, 0.2) is 30.7 Å². The second-order valence-corrected chi connectivity index (χ2v) is 14.0. The molecule has 0 spiro atoms. The molecule has 0 atom stereocenters. The molecule has 0 radical (unpaired) electrons. The second kappa shape index (κ2) is 11.5. The Morgan fingerprint density at radius 2 is 1.66 bits per heavy atom. The van der Waals surface area contributed by atoms with Crippen LogP contribution in [0.2, 0.25) is 0 Å². The van der Waals surface area contributed by atoms with Gasteiger partial charge >= 0.3 is 12.2 Å². The molecular weight excluding hydrogens is 561 g/mol. The number of carbonyl (C=O) groups excluding carboxylic acids is 2. The highest BCUT2D eigenvalue weighted by Gasteiger charge is 2.33. The molecule has 0 N–H and O–H groups in total. The number of ether oxygens (including phenoxy) is 2. The number of fused-ring (bicyclic) bond motifs is 2. The Bertz CT molecular complexity index is 1720. The number of piperidine rings is 1. The maximum Gasteiger partial charge on any atom is 0.419 e. The number of rotatable bonds is 4. The summed E-state index contributed by atoms with van der Waals surface area (Å²) in [7, 11) is 0. The Morgan fingerprint density at radius 1 is 1.02 bits per heavy atom. The predicted molar refractivity (Wildman–Crippen MR) is 169 cm³/mol. The van der Waals surface area contributed by atoms with Crippen LogP contribution in [0.4, 0.5) is 14.0 Å². The number of hydrogen-bond acceptors (Lipinski definition) is 6. The summed E-state index contributed by atoms with van der Waals surface area (Å²) in [5.74, 6) is -0.529. The van der Waals surface area contributed by atoms with E-state index in [0.717, 1.165) is 22.3 Å². The Morgan fingerprint density at radius 3 is 2.25 bits per heavy atom. The molecule has 5 rings (SSSR count). The lowest BCUT2D eigenvalue weighted by atomic mass is 9.87. The number of nitrogens with zero attached hydrogens (tertiary/aromatic N) is 5. The zero-order valence-electron chi connectivity index (χ0n) is 27.3. The van der Waals surface area contributed by atoms with E-state index in [9.17, 15) is 9.59 Å². The normalized spacial score (nSPS) is 15.0. The van der Waals surface area contributed by atoms with Gasteiger partial charge in [0, 0.05) is 30.2 Å². The van der Waals surface area contributed by atoms with Crippen molar-refractivity contribution in [2.75, 3.05) is 13.1 Å². The van der Waals surface area contributed by atoms with Crippen molar-refractivity contribution in [3.05, 3.63) is 53.2 Å². The number of carbonyl (C=O) groups is 2. The highest BCUT2D eigenvalue weighted by molar-refractivity contribution is 6.00. The predicted octanol–water partition coefficient (Wildman–Crippen LogP) is 8.07. The van der Waals surface area contributed by atoms with Crippen LogP contribution < -0.4 is 0 Å². The molecule has 0 saturated carbocycles. The fourth-order valence-electron chi connectivity index (χ4n) is 6.13. The van der Waals surface area contributed by atoms with Crippen LogP contribution >= 0.6 is 0 Å². The summed E-state index contributed by atoms with van der Waals surface area (Å²) in [5, 5.41) is 4.80. The van der Waals surface area contributed by atoms with Gasteiger partial charge in [0.05, 0.1) is 11.2 Å². The zero-order valence-corrected chi connectivity index (χ0v) is 27.3. The van der Waals surface area contributed by atoms with Crippen LogP contribution in [0.1, 0.15) is 104 Å². The topological polar surface area (TPSA) is 91.0 Å². The van der Waals surface area contributed by atoms with Crippen LogP contribution in [-0.4, -0.2) is 60.5 Å². The van der Waals surface area contributed by atoms with E-state index < -0.39 is 17.3 Å². The lowest BCUT2D eigenvalue weighted by Crippen LogP contribution is -2.41. The van der Waals surface area contributed by atoms with Crippen molar-refractivity contribution in [2.24, 2.45) is 0 Å². The molecule has 0 aliphatic carbocycles. The Labute approximate surface area is 258 Å². The average Bonchev–Trinajstić information content (AvgIpc) is 3.54. The van der Waals surface area contributed by atoms with Gasteiger partial charge in [0.2, 0.25) is 0 Å². The highest BCUT2D eigenvalue weighted by Crippen LogP contribution is 2.43. The molecule has 3 aromatic heterocycles. The summed E-state index contributed by atoms with van der Waals surface area (Å²) in [6.45, 7) is 18.0. The van der Waals surface area contributed by atoms with Crippen LogP contribution in [0.3, 0.4) is 0 Å². The summed E-state index contributed by atoms with van der Waals surface area (Å²) in [6, 6.07) is 5.64. The number of likely N-dealkylation sites (tertiary alicyclic amines) is 1. The minimum absolute atomic E-state index is 0.0791. The molecular formula is C34H44FN5O4. The van der Waals surface area contributed by atoms with E-state index in [4.69, 9.17) is 9.47 Å². The highest BCUT2D eigenvalue weighted by atomic mass is 19.1. The quantitative estimate of drug-likeness (QED) is 0.234. The first kappa shape index (κ1) is 31.5. The third-order valence-electron chi connectivity index (χ3n) is 7.98. The van der Waals surface area contributed by atoms with E-state index in [-0.39, 0.29) is 23.7 Å². The first-order valence-corrected chi connectivity index (χ1v) is 15.5. The molecule has 10 heteroatoms. The summed E-state index contributed by atoms with van der Waals surface area (Å²) in [5.41, 5.74) is 3.49. The van der Waals surface area contributed by atoms with E-state index in [1.165, 1.54) is 10.9 Å². The maximum absolute atomic E-state index is 16.9. The molecule has 0 unspecified atom stereocenters. The lowest BCUT2D eigenvalue weighted by Gasteiger charge is -2.33. The van der Waals surface area contributed by atoms with Gasteiger partial charge in [-0.25, -0.2) is 28.0 Å². The van der Waals surface area contributed by atoms with Crippen LogP contribution in [0.5, 0.6) is 0 Å². The molecule has 1 saturated heterocycles. The summed E-state index contributed by atoms with van der Waals surface area (Å²) < 4.78 is 31.6. The van der Waals surface area contributed by atoms with E-state index in [0.29, 0.717) is 54.5 Å². The zero-order chi connectivity index (χ0) is 32.1. The van der Waals surface area contributed by atoms with E-state index in [1.807, 2.05) is 80.6 Å². The van der Waals surface area contributed by atoms with Crippen LogP contribution in [0, 0.1) is 5.82 Å². The molecule has 0 bridgehead atoms.